The van der Waals surface area contributed by atoms with Crippen molar-refractivity contribution >= 4 is 5.78 Å². The van der Waals surface area contributed by atoms with Gasteiger partial charge in [0.25, 0.3) is 0 Å². The zero-order valence-corrected chi connectivity index (χ0v) is 10.6. The fourth-order valence-corrected chi connectivity index (χ4v) is 2.20. The molecule has 2 unspecified atom stereocenters. The van der Waals surface area contributed by atoms with E-state index in [-0.39, 0.29) is 17.9 Å². The SMILES string of the molecule is CC1CCOC1C(=O)Cc1ncnn1C(C)C. The molecule has 1 fully saturated rings. The van der Waals surface area contributed by atoms with Crippen molar-refractivity contribution in [2.75, 3.05) is 6.61 Å². The van der Waals surface area contributed by atoms with Crippen LogP contribution in [0.4, 0.5) is 0 Å². The molecule has 1 aliphatic rings. The molecule has 0 saturated carbocycles. The maximum atomic E-state index is 12.1. The van der Waals surface area contributed by atoms with Gasteiger partial charge in [0.05, 0.1) is 6.42 Å². The number of Topliss-reactive ketones (excluding diaryl/α,β-unsaturated/α-hetero) is 1. The van der Waals surface area contributed by atoms with Crippen molar-refractivity contribution < 1.29 is 9.53 Å². The van der Waals surface area contributed by atoms with Gasteiger partial charge in [0.15, 0.2) is 5.78 Å². The summed E-state index contributed by atoms with van der Waals surface area (Å²) in [4.78, 5) is 16.2. The molecule has 17 heavy (non-hydrogen) atoms. The minimum Gasteiger partial charge on any atom is -0.370 e. The van der Waals surface area contributed by atoms with Crippen molar-refractivity contribution in [3.8, 4) is 0 Å². The number of carbonyl (C=O) groups excluding carboxylic acids is 1. The van der Waals surface area contributed by atoms with E-state index in [9.17, 15) is 4.79 Å². The highest BCUT2D eigenvalue weighted by Gasteiger charge is 2.31. The molecule has 5 nitrogen and oxygen atoms in total. The lowest BCUT2D eigenvalue weighted by atomic mass is 9.99. The molecule has 0 amide bonds. The summed E-state index contributed by atoms with van der Waals surface area (Å²) < 4.78 is 7.26. The third-order valence-corrected chi connectivity index (χ3v) is 3.17. The topological polar surface area (TPSA) is 57.0 Å². The molecule has 0 spiro atoms. The van der Waals surface area contributed by atoms with Gasteiger partial charge in [-0.1, -0.05) is 6.92 Å². The van der Waals surface area contributed by atoms with Crippen LogP contribution in [0.15, 0.2) is 6.33 Å². The van der Waals surface area contributed by atoms with Gasteiger partial charge in [-0.15, -0.1) is 0 Å². The van der Waals surface area contributed by atoms with Crippen LogP contribution in [-0.4, -0.2) is 33.3 Å². The van der Waals surface area contributed by atoms with Gasteiger partial charge in [-0.2, -0.15) is 5.10 Å². The van der Waals surface area contributed by atoms with Crippen LogP contribution >= 0.6 is 0 Å². The van der Waals surface area contributed by atoms with Crippen LogP contribution < -0.4 is 0 Å². The van der Waals surface area contributed by atoms with Gasteiger partial charge >= 0.3 is 0 Å². The van der Waals surface area contributed by atoms with E-state index in [0.29, 0.717) is 18.9 Å². The fourth-order valence-electron chi connectivity index (χ4n) is 2.20. The third kappa shape index (κ3) is 2.54. The Bertz CT molecular complexity index is 400. The van der Waals surface area contributed by atoms with Gasteiger partial charge in [0, 0.05) is 12.6 Å². The molecule has 2 atom stereocenters. The molecule has 0 bridgehead atoms. The van der Waals surface area contributed by atoms with E-state index in [1.165, 1.54) is 6.33 Å². The lowest BCUT2D eigenvalue weighted by molar-refractivity contribution is -0.128. The Balaban J connectivity index is 2.05. The van der Waals surface area contributed by atoms with E-state index in [4.69, 9.17) is 4.74 Å². The van der Waals surface area contributed by atoms with Crippen molar-refractivity contribution in [3.63, 3.8) is 0 Å². The number of rotatable bonds is 4. The van der Waals surface area contributed by atoms with Crippen LogP contribution in [0.25, 0.3) is 0 Å². The molecular formula is C12H19N3O2. The summed E-state index contributed by atoms with van der Waals surface area (Å²) in [7, 11) is 0. The molecule has 0 aliphatic carbocycles. The summed E-state index contributed by atoms with van der Waals surface area (Å²) in [5.74, 6) is 1.16. The summed E-state index contributed by atoms with van der Waals surface area (Å²) in [6.45, 7) is 6.80. The molecular weight excluding hydrogens is 218 g/mol. The number of nitrogens with zero attached hydrogens (tertiary/aromatic N) is 3. The Morgan fingerprint density at radius 3 is 3.00 bits per heavy atom. The summed E-state index contributed by atoms with van der Waals surface area (Å²) in [6, 6.07) is 0.224. The Morgan fingerprint density at radius 1 is 1.65 bits per heavy atom. The molecule has 2 heterocycles. The molecule has 0 aromatic carbocycles. The molecule has 0 N–H and O–H groups in total. The van der Waals surface area contributed by atoms with Gasteiger partial charge in [-0.3, -0.25) is 4.79 Å². The molecule has 94 valence electrons. The fraction of sp³-hybridized carbons (Fsp3) is 0.750. The minimum absolute atomic E-state index is 0.116. The average Bonchev–Trinajstić information content (AvgIpc) is 2.86. The number of carbonyl (C=O) groups is 1. The van der Waals surface area contributed by atoms with Gasteiger partial charge in [0.2, 0.25) is 0 Å². The van der Waals surface area contributed by atoms with Gasteiger partial charge in [-0.25, -0.2) is 9.67 Å². The highest BCUT2D eigenvalue weighted by Crippen LogP contribution is 2.22. The molecule has 1 aliphatic heterocycles. The highest BCUT2D eigenvalue weighted by atomic mass is 16.5. The lowest BCUT2D eigenvalue weighted by Crippen LogP contribution is -2.28. The smallest absolute Gasteiger partial charge is 0.169 e. The van der Waals surface area contributed by atoms with E-state index < -0.39 is 0 Å². The standard InChI is InChI=1S/C12H19N3O2/c1-8(2)15-11(13-7-14-15)6-10(16)12-9(3)4-5-17-12/h7-9,12H,4-6H2,1-3H3. The molecule has 1 aromatic rings. The molecule has 1 aromatic heterocycles. The molecule has 1 saturated heterocycles. The molecule has 0 radical (unpaired) electrons. The second kappa shape index (κ2) is 4.96. The van der Waals surface area contributed by atoms with Gasteiger partial charge in [-0.05, 0) is 26.2 Å². The summed E-state index contributed by atoms with van der Waals surface area (Å²) in [6.07, 6.45) is 2.52. The van der Waals surface area contributed by atoms with E-state index >= 15 is 0 Å². The zero-order valence-electron chi connectivity index (χ0n) is 10.6. The average molecular weight is 237 g/mol. The number of hydrogen-bond donors (Lipinski definition) is 0. The molecule has 5 heteroatoms. The zero-order chi connectivity index (χ0) is 12.4. The summed E-state index contributed by atoms with van der Waals surface area (Å²) in [5, 5.41) is 4.13. The van der Waals surface area contributed by atoms with Crippen molar-refractivity contribution in [3.05, 3.63) is 12.2 Å². The number of hydrogen-bond acceptors (Lipinski definition) is 4. The van der Waals surface area contributed by atoms with Crippen molar-refractivity contribution in [2.24, 2.45) is 5.92 Å². The second-order valence-corrected chi connectivity index (χ2v) is 4.92. The van der Waals surface area contributed by atoms with Crippen molar-refractivity contribution in [1.29, 1.82) is 0 Å². The Labute approximate surface area is 101 Å². The van der Waals surface area contributed by atoms with E-state index in [1.54, 1.807) is 4.68 Å². The maximum absolute atomic E-state index is 12.1. The van der Waals surface area contributed by atoms with Crippen molar-refractivity contribution in [1.82, 2.24) is 14.8 Å². The second-order valence-electron chi connectivity index (χ2n) is 4.92. The monoisotopic (exact) mass is 237 g/mol. The Hall–Kier alpha value is -1.23. The first-order chi connectivity index (χ1) is 8.09. The normalized spacial score (nSPS) is 24.5. The summed E-state index contributed by atoms with van der Waals surface area (Å²) >= 11 is 0. The Kier molecular flexibility index (Phi) is 3.57. The van der Waals surface area contributed by atoms with E-state index in [2.05, 4.69) is 17.0 Å². The van der Waals surface area contributed by atoms with Crippen molar-refractivity contribution in [2.45, 2.75) is 45.8 Å². The first kappa shape index (κ1) is 12.2. The molecule has 2 rings (SSSR count). The largest absolute Gasteiger partial charge is 0.370 e. The van der Waals surface area contributed by atoms with Crippen LogP contribution in [0.3, 0.4) is 0 Å². The van der Waals surface area contributed by atoms with E-state index in [1.807, 2.05) is 13.8 Å². The van der Waals surface area contributed by atoms with E-state index in [0.717, 1.165) is 12.2 Å². The first-order valence-electron chi connectivity index (χ1n) is 6.12. The number of aromatic nitrogens is 3. The Morgan fingerprint density at radius 2 is 2.41 bits per heavy atom. The maximum Gasteiger partial charge on any atom is 0.169 e. The predicted molar refractivity (Wildman–Crippen MR) is 62.6 cm³/mol. The lowest BCUT2D eigenvalue weighted by Gasteiger charge is -2.14. The summed E-state index contributed by atoms with van der Waals surface area (Å²) in [5.41, 5.74) is 0. The van der Waals surface area contributed by atoms with Crippen LogP contribution in [0, 0.1) is 5.92 Å². The minimum atomic E-state index is -0.257. The van der Waals surface area contributed by atoms with Gasteiger partial charge in [0.1, 0.15) is 18.3 Å². The van der Waals surface area contributed by atoms with Crippen LogP contribution in [-0.2, 0) is 16.0 Å². The highest BCUT2D eigenvalue weighted by molar-refractivity contribution is 5.85. The van der Waals surface area contributed by atoms with Crippen LogP contribution in [0.1, 0.15) is 39.1 Å². The van der Waals surface area contributed by atoms with Gasteiger partial charge < -0.3 is 4.74 Å². The van der Waals surface area contributed by atoms with Crippen LogP contribution in [0.5, 0.6) is 0 Å². The quantitative estimate of drug-likeness (QED) is 0.794. The predicted octanol–water partition coefficient (Wildman–Crippen LogP) is 1.40. The number of ether oxygens (including phenoxy) is 1. The number of ketones is 1. The third-order valence-electron chi connectivity index (χ3n) is 3.17. The first-order valence-corrected chi connectivity index (χ1v) is 6.12. The van der Waals surface area contributed by atoms with Crippen LogP contribution in [0.2, 0.25) is 0 Å².